The van der Waals surface area contributed by atoms with Crippen LogP contribution in [0.2, 0.25) is 0 Å². The summed E-state index contributed by atoms with van der Waals surface area (Å²) < 4.78 is 0. The Balaban J connectivity index is 2.48. The van der Waals surface area contributed by atoms with Gasteiger partial charge in [-0.15, -0.1) is 0 Å². The lowest BCUT2D eigenvalue weighted by Gasteiger charge is -2.22. The maximum Gasteiger partial charge on any atom is 0.0335 e. The van der Waals surface area contributed by atoms with Gasteiger partial charge in [-0.25, -0.2) is 0 Å². The van der Waals surface area contributed by atoms with Gasteiger partial charge in [0.25, 0.3) is 0 Å². The second kappa shape index (κ2) is 6.09. The third-order valence-electron chi connectivity index (χ3n) is 3.19. The summed E-state index contributed by atoms with van der Waals surface area (Å²) in [5, 5.41) is 0. The molecule has 0 aromatic carbocycles. The monoisotopic (exact) mass is 207 g/mol. The fraction of sp³-hybridized carbons (Fsp3) is 0.786. The molecule has 0 saturated heterocycles. The normalized spacial score (nSPS) is 21.5. The number of unbranched alkanes of at least 4 members (excludes halogenated alkanes) is 2. The van der Waals surface area contributed by atoms with Crippen LogP contribution < -0.4 is 0 Å². The van der Waals surface area contributed by atoms with Crippen LogP contribution in [-0.2, 0) is 0 Å². The second-order valence-corrected chi connectivity index (χ2v) is 5.06. The molecule has 1 rings (SSSR count). The second-order valence-electron chi connectivity index (χ2n) is 5.06. The summed E-state index contributed by atoms with van der Waals surface area (Å²) >= 11 is 0. The van der Waals surface area contributed by atoms with Crippen LogP contribution in [0.1, 0.15) is 59.8 Å². The Morgan fingerprint density at radius 1 is 1.40 bits per heavy atom. The van der Waals surface area contributed by atoms with Gasteiger partial charge >= 0.3 is 0 Å². The van der Waals surface area contributed by atoms with Gasteiger partial charge in [-0.1, -0.05) is 39.7 Å². The lowest BCUT2D eigenvalue weighted by atomic mass is 9.86. The summed E-state index contributed by atoms with van der Waals surface area (Å²) in [6, 6.07) is 0. The Morgan fingerprint density at radius 3 is 2.73 bits per heavy atom. The van der Waals surface area contributed by atoms with E-state index in [0.717, 1.165) is 11.8 Å². The third kappa shape index (κ3) is 4.19. The van der Waals surface area contributed by atoms with E-state index in [2.05, 4.69) is 38.8 Å². The summed E-state index contributed by atoms with van der Waals surface area (Å²) in [6.07, 6.45) is 8.70. The van der Waals surface area contributed by atoms with Crippen LogP contribution in [-0.4, -0.2) is 5.71 Å². The van der Waals surface area contributed by atoms with E-state index in [1.165, 1.54) is 43.5 Å². The molecule has 0 aromatic heterocycles. The first kappa shape index (κ1) is 12.5. The first-order valence-corrected chi connectivity index (χ1v) is 6.38. The van der Waals surface area contributed by atoms with E-state index in [1.54, 1.807) is 0 Å². The van der Waals surface area contributed by atoms with E-state index in [4.69, 9.17) is 0 Å². The van der Waals surface area contributed by atoms with Crippen molar-refractivity contribution < 1.29 is 0 Å². The number of aliphatic imine (C=N–C) groups is 1. The first-order valence-electron chi connectivity index (χ1n) is 6.38. The topological polar surface area (TPSA) is 12.4 Å². The number of rotatable bonds is 5. The Kier molecular flexibility index (Phi) is 5.07. The highest BCUT2D eigenvalue weighted by molar-refractivity contribution is 5.86. The number of hydrogen-bond acceptors (Lipinski definition) is 1. The van der Waals surface area contributed by atoms with E-state index in [9.17, 15) is 0 Å². The summed E-state index contributed by atoms with van der Waals surface area (Å²) in [5.41, 5.74) is 2.66. The van der Waals surface area contributed by atoms with Crippen LogP contribution in [0, 0.1) is 11.8 Å². The molecule has 0 bridgehead atoms. The first-order chi connectivity index (χ1) is 7.13. The van der Waals surface area contributed by atoms with Crippen molar-refractivity contribution in [3.8, 4) is 0 Å². The molecular formula is C14H25N. The van der Waals surface area contributed by atoms with Crippen molar-refractivity contribution >= 4 is 5.71 Å². The van der Waals surface area contributed by atoms with Crippen LogP contribution in [0.3, 0.4) is 0 Å². The Hall–Kier alpha value is -0.590. The molecule has 1 unspecified atom stereocenters. The lowest BCUT2D eigenvalue weighted by Crippen LogP contribution is -2.16. The van der Waals surface area contributed by atoms with Crippen molar-refractivity contribution in [2.24, 2.45) is 16.8 Å². The highest BCUT2D eigenvalue weighted by atomic mass is 14.8. The van der Waals surface area contributed by atoms with Crippen LogP contribution in [0.15, 0.2) is 16.8 Å². The van der Waals surface area contributed by atoms with Gasteiger partial charge in [0.2, 0.25) is 0 Å². The standard InChI is InChI=1S/C14H25N/c1-5-6-7-8-14-10-13(11(2)3)9-12(4)15-14/h9,11,13H,5-8,10H2,1-4H3. The van der Waals surface area contributed by atoms with Crippen LogP contribution >= 0.6 is 0 Å². The van der Waals surface area contributed by atoms with Crippen molar-refractivity contribution in [3.05, 3.63) is 11.8 Å². The van der Waals surface area contributed by atoms with Gasteiger partial charge in [0.15, 0.2) is 0 Å². The largest absolute Gasteiger partial charge is 0.263 e. The highest BCUT2D eigenvalue weighted by Crippen LogP contribution is 2.25. The molecule has 0 amide bonds. The molecule has 0 saturated carbocycles. The van der Waals surface area contributed by atoms with Crippen molar-refractivity contribution in [3.63, 3.8) is 0 Å². The molecule has 0 radical (unpaired) electrons. The van der Waals surface area contributed by atoms with Crippen molar-refractivity contribution in [2.75, 3.05) is 0 Å². The molecule has 1 heteroatoms. The van der Waals surface area contributed by atoms with E-state index in [-0.39, 0.29) is 0 Å². The minimum atomic E-state index is 0.721. The minimum Gasteiger partial charge on any atom is -0.263 e. The van der Waals surface area contributed by atoms with Gasteiger partial charge in [-0.3, -0.25) is 4.99 Å². The van der Waals surface area contributed by atoms with Gasteiger partial charge < -0.3 is 0 Å². The Bertz CT molecular complexity index is 248. The van der Waals surface area contributed by atoms with Crippen LogP contribution in [0.4, 0.5) is 0 Å². The smallest absolute Gasteiger partial charge is 0.0335 e. The molecule has 1 aliphatic heterocycles. The van der Waals surface area contributed by atoms with Crippen LogP contribution in [0.25, 0.3) is 0 Å². The number of allylic oxidation sites excluding steroid dienone is 2. The van der Waals surface area contributed by atoms with Gasteiger partial charge in [0, 0.05) is 11.4 Å². The average Bonchev–Trinajstić information content (AvgIpc) is 2.17. The van der Waals surface area contributed by atoms with E-state index >= 15 is 0 Å². The van der Waals surface area contributed by atoms with E-state index in [1.807, 2.05) is 0 Å². The minimum absolute atomic E-state index is 0.721. The summed E-state index contributed by atoms with van der Waals surface area (Å²) in [6.45, 7) is 9.01. The SMILES string of the molecule is CCCCCC1=NC(C)=CC(C(C)C)C1. The van der Waals surface area contributed by atoms with Gasteiger partial charge in [0.1, 0.15) is 0 Å². The van der Waals surface area contributed by atoms with Crippen molar-refractivity contribution in [1.29, 1.82) is 0 Å². The molecule has 1 aliphatic rings. The Morgan fingerprint density at radius 2 is 2.13 bits per heavy atom. The fourth-order valence-electron chi connectivity index (χ4n) is 2.14. The quantitative estimate of drug-likeness (QED) is 0.585. The molecule has 1 nitrogen and oxygen atoms in total. The summed E-state index contributed by atoms with van der Waals surface area (Å²) in [7, 11) is 0. The summed E-state index contributed by atoms with van der Waals surface area (Å²) in [5.74, 6) is 1.47. The van der Waals surface area contributed by atoms with Crippen LogP contribution in [0.5, 0.6) is 0 Å². The van der Waals surface area contributed by atoms with E-state index < -0.39 is 0 Å². The average molecular weight is 207 g/mol. The van der Waals surface area contributed by atoms with Gasteiger partial charge in [-0.05, 0) is 38.0 Å². The number of nitrogens with zero attached hydrogens (tertiary/aromatic N) is 1. The van der Waals surface area contributed by atoms with E-state index in [0.29, 0.717) is 0 Å². The molecule has 1 atom stereocenters. The Labute approximate surface area is 94.7 Å². The molecule has 86 valence electrons. The predicted molar refractivity (Wildman–Crippen MR) is 68.3 cm³/mol. The van der Waals surface area contributed by atoms with Gasteiger partial charge in [-0.2, -0.15) is 0 Å². The highest BCUT2D eigenvalue weighted by Gasteiger charge is 2.17. The zero-order valence-corrected chi connectivity index (χ0v) is 10.7. The lowest BCUT2D eigenvalue weighted by molar-refractivity contribution is 0.469. The molecule has 15 heavy (non-hydrogen) atoms. The molecule has 0 N–H and O–H groups in total. The maximum absolute atomic E-state index is 4.66. The molecule has 0 aliphatic carbocycles. The molecule has 0 aromatic rings. The zero-order chi connectivity index (χ0) is 11.3. The third-order valence-corrected chi connectivity index (χ3v) is 3.19. The van der Waals surface area contributed by atoms with Gasteiger partial charge in [0.05, 0.1) is 0 Å². The molecule has 1 heterocycles. The molecule has 0 spiro atoms. The maximum atomic E-state index is 4.66. The predicted octanol–water partition coefficient (Wildman–Crippen LogP) is 4.59. The van der Waals surface area contributed by atoms with Crippen molar-refractivity contribution in [2.45, 2.75) is 59.8 Å². The number of hydrogen-bond donors (Lipinski definition) is 0. The fourth-order valence-corrected chi connectivity index (χ4v) is 2.14. The summed E-state index contributed by atoms with van der Waals surface area (Å²) in [4.78, 5) is 4.66. The zero-order valence-electron chi connectivity index (χ0n) is 10.7. The van der Waals surface area contributed by atoms with Crippen molar-refractivity contribution in [1.82, 2.24) is 0 Å². The molecule has 0 fully saturated rings. The molecular weight excluding hydrogens is 182 g/mol.